The fourth-order valence-corrected chi connectivity index (χ4v) is 2.82. The van der Waals surface area contributed by atoms with Gasteiger partial charge in [-0.3, -0.25) is 4.79 Å². The Kier molecular flexibility index (Phi) is 10.1. The predicted molar refractivity (Wildman–Crippen MR) is 131 cm³/mol. The summed E-state index contributed by atoms with van der Waals surface area (Å²) in [7, 11) is 0. The lowest BCUT2D eigenvalue weighted by atomic mass is 10.1. The van der Waals surface area contributed by atoms with E-state index in [1.165, 1.54) is 5.56 Å². The van der Waals surface area contributed by atoms with E-state index in [0.717, 1.165) is 49.8 Å². The Morgan fingerprint density at radius 2 is 1.97 bits per heavy atom. The number of aromatic nitrogens is 1. The van der Waals surface area contributed by atoms with Crippen molar-refractivity contribution in [2.24, 2.45) is 4.99 Å². The highest BCUT2D eigenvalue weighted by Gasteiger charge is 2.23. The molecule has 2 aromatic rings. The molecule has 0 atom stereocenters. The second-order valence-corrected chi connectivity index (χ2v) is 7.40. The van der Waals surface area contributed by atoms with Gasteiger partial charge in [-0.05, 0) is 57.7 Å². The van der Waals surface area contributed by atoms with Crippen LogP contribution in [0.15, 0.2) is 33.7 Å². The zero-order valence-electron chi connectivity index (χ0n) is 18.4. The molecule has 1 aromatic heterocycles. The number of benzene rings is 1. The average molecular weight is 541 g/mol. The summed E-state index contributed by atoms with van der Waals surface area (Å²) in [5.41, 5.74) is 2.07. The van der Waals surface area contributed by atoms with Crippen LogP contribution in [0.3, 0.4) is 0 Å². The maximum absolute atomic E-state index is 11.7. The standard InChI is InChI=1S/C22H31N5O3.HI/c1-4-23-22(25-13-21-26-15(2)16(3)30-21)24-12-11-17-5-9-19(10-6-17)29-14-20(28)27-18-7-8-18;/h5-6,9-10,18H,4,7-8,11-14H2,1-3H3,(H,27,28)(H2,23,24,25);1H. The minimum atomic E-state index is -0.0592. The summed E-state index contributed by atoms with van der Waals surface area (Å²) in [5, 5.41) is 9.46. The highest BCUT2D eigenvalue weighted by atomic mass is 127. The number of halogens is 1. The van der Waals surface area contributed by atoms with Crippen molar-refractivity contribution < 1.29 is 13.9 Å². The number of aryl methyl sites for hydroxylation is 2. The fourth-order valence-electron chi connectivity index (χ4n) is 2.82. The van der Waals surface area contributed by atoms with E-state index in [4.69, 9.17) is 9.15 Å². The molecule has 0 aliphatic heterocycles. The Morgan fingerprint density at radius 1 is 1.23 bits per heavy atom. The van der Waals surface area contributed by atoms with Crippen LogP contribution in [0, 0.1) is 13.8 Å². The summed E-state index contributed by atoms with van der Waals surface area (Å²) in [6.07, 6.45) is 2.99. The van der Waals surface area contributed by atoms with Crippen LogP contribution in [0.5, 0.6) is 5.75 Å². The molecule has 1 heterocycles. The zero-order chi connectivity index (χ0) is 21.3. The summed E-state index contributed by atoms with van der Waals surface area (Å²) in [4.78, 5) is 20.6. The van der Waals surface area contributed by atoms with Crippen LogP contribution >= 0.6 is 24.0 Å². The molecular weight excluding hydrogens is 509 g/mol. The van der Waals surface area contributed by atoms with Gasteiger partial charge in [-0.25, -0.2) is 9.98 Å². The Balaban J connectivity index is 0.00000341. The van der Waals surface area contributed by atoms with E-state index < -0.39 is 0 Å². The Bertz CT molecular complexity index is 843. The summed E-state index contributed by atoms with van der Waals surface area (Å²) in [6.45, 7) is 7.82. The lowest BCUT2D eigenvalue weighted by Gasteiger charge is -2.11. The van der Waals surface area contributed by atoms with E-state index in [1.54, 1.807) is 0 Å². The van der Waals surface area contributed by atoms with E-state index >= 15 is 0 Å². The molecule has 0 unspecified atom stereocenters. The highest BCUT2D eigenvalue weighted by Crippen LogP contribution is 2.18. The first-order valence-electron chi connectivity index (χ1n) is 10.5. The molecule has 170 valence electrons. The van der Waals surface area contributed by atoms with Crippen LogP contribution in [0.1, 0.15) is 42.7 Å². The van der Waals surface area contributed by atoms with Crippen molar-refractivity contribution >= 4 is 35.8 Å². The number of ether oxygens (including phenoxy) is 1. The predicted octanol–water partition coefficient (Wildman–Crippen LogP) is 2.86. The minimum absolute atomic E-state index is 0. The first-order valence-corrected chi connectivity index (χ1v) is 10.5. The van der Waals surface area contributed by atoms with Crippen molar-refractivity contribution in [2.45, 2.75) is 52.6 Å². The lowest BCUT2D eigenvalue weighted by Crippen LogP contribution is -2.38. The van der Waals surface area contributed by atoms with Crippen LogP contribution in [0.2, 0.25) is 0 Å². The van der Waals surface area contributed by atoms with Gasteiger partial charge in [0.05, 0.1) is 5.69 Å². The van der Waals surface area contributed by atoms with Gasteiger partial charge in [0.25, 0.3) is 5.91 Å². The number of rotatable bonds is 10. The van der Waals surface area contributed by atoms with Gasteiger partial charge in [0.15, 0.2) is 12.6 Å². The van der Waals surface area contributed by atoms with E-state index in [1.807, 2.05) is 45.0 Å². The quantitative estimate of drug-likeness (QED) is 0.243. The Morgan fingerprint density at radius 3 is 2.58 bits per heavy atom. The van der Waals surface area contributed by atoms with Crippen LogP contribution in [-0.4, -0.2) is 42.6 Å². The lowest BCUT2D eigenvalue weighted by molar-refractivity contribution is -0.123. The molecule has 1 aromatic carbocycles. The number of oxazole rings is 1. The van der Waals surface area contributed by atoms with E-state index in [2.05, 4.69) is 25.9 Å². The Labute approximate surface area is 200 Å². The van der Waals surface area contributed by atoms with Crippen LogP contribution in [-0.2, 0) is 17.8 Å². The third-order valence-electron chi connectivity index (χ3n) is 4.73. The first kappa shape index (κ1) is 25.0. The Hall–Kier alpha value is -2.30. The third kappa shape index (κ3) is 8.76. The normalized spacial score (nSPS) is 13.3. The number of amides is 1. The average Bonchev–Trinajstić information content (AvgIpc) is 3.48. The van der Waals surface area contributed by atoms with Crippen molar-refractivity contribution in [1.82, 2.24) is 20.9 Å². The maximum atomic E-state index is 11.7. The summed E-state index contributed by atoms with van der Waals surface area (Å²) in [6, 6.07) is 8.17. The summed E-state index contributed by atoms with van der Waals surface area (Å²) in [5.74, 6) is 2.81. The van der Waals surface area contributed by atoms with Gasteiger partial charge in [-0.1, -0.05) is 12.1 Å². The van der Waals surface area contributed by atoms with Crippen molar-refractivity contribution in [1.29, 1.82) is 0 Å². The molecular formula is C22H32IN5O3. The van der Waals surface area contributed by atoms with Crippen LogP contribution < -0.4 is 20.7 Å². The van der Waals surface area contributed by atoms with Gasteiger partial charge in [0.1, 0.15) is 18.1 Å². The van der Waals surface area contributed by atoms with E-state index in [0.29, 0.717) is 24.2 Å². The van der Waals surface area contributed by atoms with Gasteiger partial charge in [0.2, 0.25) is 5.89 Å². The van der Waals surface area contributed by atoms with Gasteiger partial charge in [-0.15, -0.1) is 24.0 Å². The minimum Gasteiger partial charge on any atom is -0.484 e. The number of aliphatic imine (C=N–C) groups is 1. The van der Waals surface area contributed by atoms with Gasteiger partial charge in [0, 0.05) is 19.1 Å². The number of hydrogen-bond acceptors (Lipinski definition) is 5. The van der Waals surface area contributed by atoms with Gasteiger partial charge < -0.3 is 25.1 Å². The molecule has 9 heteroatoms. The number of hydrogen-bond donors (Lipinski definition) is 3. The molecule has 0 radical (unpaired) electrons. The van der Waals surface area contributed by atoms with Crippen LogP contribution in [0.4, 0.5) is 0 Å². The molecule has 0 bridgehead atoms. The van der Waals surface area contributed by atoms with Crippen molar-refractivity contribution in [3.63, 3.8) is 0 Å². The molecule has 8 nitrogen and oxygen atoms in total. The van der Waals surface area contributed by atoms with Crippen LogP contribution in [0.25, 0.3) is 0 Å². The van der Waals surface area contributed by atoms with E-state index in [9.17, 15) is 4.79 Å². The number of carbonyl (C=O) groups is 1. The van der Waals surface area contributed by atoms with E-state index in [-0.39, 0.29) is 36.5 Å². The fraction of sp³-hybridized carbons (Fsp3) is 0.500. The highest BCUT2D eigenvalue weighted by molar-refractivity contribution is 14.0. The van der Waals surface area contributed by atoms with Crippen molar-refractivity contribution in [3.8, 4) is 5.75 Å². The monoisotopic (exact) mass is 541 g/mol. The van der Waals surface area contributed by atoms with Gasteiger partial charge in [-0.2, -0.15) is 0 Å². The SMILES string of the molecule is CCNC(=NCc1nc(C)c(C)o1)NCCc1ccc(OCC(=O)NC2CC2)cc1.I. The molecule has 0 saturated heterocycles. The molecule has 3 N–H and O–H groups in total. The molecule has 1 aliphatic carbocycles. The topological polar surface area (TPSA) is 101 Å². The number of guanidine groups is 1. The molecule has 31 heavy (non-hydrogen) atoms. The van der Waals surface area contributed by atoms with Crippen molar-refractivity contribution in [2.75, 3.05) is 19.7 Å². The molecule has 1 aliphatic rings. The molecule has 1 saturated carbocycles. The largest absolute Gasteiger partial charge is 0.484 e. The number of nitrogens with zero attached hydrogens (tertiary/aromatic N) is 2. The second kappa shape index (κ2) is 12.5. The zero-order valence-corrected chi connectivity index (χ0v) is 20.7. The summed E-state index contributed by atoms with van der Waals surface area (Å²) < 4.78 is 11.1. The van der Waals surface area contributed by atoms with Crippen molar-refractivity contribution in [3.05, 3.63) is 47.2 Å². The smallest absolute Gasteiger partial charge is 0.258 e. The summed E-state index contributed by atoms with van der Waals surface area (Å²) >= 11 is 0. The number of nitrogens with one attached hydrogen (secondary N) is 3. The maximum Gasteiger partial charge on any atom is 0.258 e. The molecule has 0 spiro atoms. The second-order valence-electron chi connectivity index (χ2n) is 7.40. The van der Waals surface area contributed by atoms with Gasteiger partial charge >= 0.3 is 0 Å². The number of carbonyl (C=O) groups excluding carboxylic acids is 1. The molecule has 1 fully saturated rings. The molecule has 3 rings (SSSR count). The molecule has 1 amide bonds. The first-order chi connectivity index (χ1) is 14.5. The third-order valence-corrected chi connectivity index (χ3v) is 4.73.